The van der Waals surface area contributed by atoms with Crippen LogP contribution in [0.25, 0.3) is 10.2 Å². The second-order valence-electron chi connectivity index (χ2n) is 3.90. The number of nitrogens with zero attached hydrogens (tertiary/aromatic N) is 2. The van der Waals surface area contributed by atoms with Gasteiger partial charge in [-0.05, 0) is 12.1 Å². The summed E-state index contributed by atoms with van der Waals surface area (Å²) in [5.41, 5.74) is 3.43. The lowest BCUT2D eigenvalue weighted by molar-refractivity contribution is -0.120. The maximum Gasteiger partial charge on any atom is 0.407 e. The van der Waals surface area contributed by atoms with Gasteiger partial charge in [-0.1, -0.05) is 23.5 Å². The van der Waals surface area contributed by atoms with Crippen molar-refractivity contribution in [2.24, 2.45) is 12.1 Å². The third kappa shape index (κ3) is 3.15. The molecule has 0 bridgehead atoms. The van der Waals surface area contributed by atoms with E-state index in [1.54, 1.807) is 0 Å². The van der Waals surface area contributed by atoms with Gasteiger partial charge in [0.2, 0.25) is 4.80 Å². The number of ether oxygens (including phenoxy) is 1. The van der Waals surface area contributed by atoms with Crippen LogP contribution in [0.1, 0.15) is 0 Å². The summed E-state index contributed by atoms with van der Waals surface area (Å²) < 4.78 is 7.32. The van der Waals surface area contributed by atoms with Crippen molar-refractivity contribution in [3.8, 4) is 0 Å². The normalized spacial score (nSPS) is 11.4. The number of methoxy groups -OCH3 is 1. The van der Waals surface area contributed by atoms with Crippen LogP contribution in [0.2, 0.25) is 0 Å². The van der Waals surface area contributed by atoms with Gasteiger partial charge in [0.15, 0.2) is 0 Å². The van der Waals surface area contributed by atoms with Crippen LogP contribution in [0.4, 0.5) is 4.79 Å². The van der Waals surface area contributed by atoms with E-state index in [2.05, 4.69) is 20.6 Å². The molecule has 2 amide bonds. The number of fused-ring (bicyclic) bond motifs is 1. The van der Waals surface area contributed by atoms with E-state index in [0.29, 0.717) is 4.80 Å². The van der Waals surface area contributed by atoms with Gasteiger partial charge in [-0.25, -0.2) is 10.2 Å². The second-order valence-corrected chi connectivity index (χ2v) is 4.91. The summed E-state index contributed by atoms with van der Waals surface area (Å²) in [6, 6.07) is 7.85. The molecular weight excluding hydrogens is 280 g/mol. The number of nitrogens with one attached hydrogen (secondary N) is 2. The molecule has 8 heteroatoms. The van der Waals surface area contributed by atoms with Crippen molar-refractivity contribution in [3.63, 3.8) is 0 Å². The van der Waals surface area contributed by atoms with Crippen molar-refractivity contribution < 1.29 is 14.3 Å². The molecule has 0 atom stereocenters. The van der Waals surface area contributed by atoms with Crippen LogP contribution in [0, 0.1) is 0 Å². The molecule has 0 spiro atoms. The highest BCUT2D eigenvalue weighted by Gasteiger charge is 2.05. The Labute approximate surface area is 118 Å². The minimum Gasteiger partial charge on any atom is -0.453 e. The number of hydrogen-bond donors (Lipinski definition) is 2. The van der Waals surface area contributed by atoms with E-state index in [1.807, 2.05) is 35.9 Å². The Bertz CT molecular complexity index is 704. The molecule has 0 saturated heterocycles. The molecule has 2 N–H and O–H groups in total. The lowest BCUT2D eigenvalue weighted by atomic mass is 10.3. The molecule has 0 unspecified atom stereocenters. The standard InChI is InChI=1S/C12H14N4O3S/c1-16-8-5-3-4-6-9(8)20-11(16)15-14-10(17)7-13-12(18)19-2/h3-6H,7H2,1-2H3,(H,13,18)(H,14,17). The Morgan fingerprint density at radius 2 is 2.15 bits per heavy atom. The number of rotatable bonds is 3. The molecule has 2 aromatic rings. The van der Waals surface area contributed by atoms with E-state index < -0.39 is 12.0 Å². The third-order valence-electron chi connectivity index (χ3n) is 2.57. The largest absolute Gasteiger partial charge is 0.453 e. The minimum atomic E-state index is -0.660. The number of alkyl carbamates (subject to hydrolysis) is 1. The molecule has 0 fully saturated rings. The Morgan fingerprint density at radius 1 is 1.40 bits per heavy atom. The lowest BCUT2D eigenvalue weighted by Crippen LogP contribution is -2.35. The van der Waals surface area contributed by atoms with Crippen molar-refractivity contribution >= 4 is 33.6 Å². The number of aryl methyl sites for hydroxylation is 1. The van der Waals surface area contributed by atoms with Crippen molar-refractivity contribution in [2.75, 3.05) is 13.7 Å². The predicted molar refractivity (Wildman–Crippen MR) is 74.9 cm³/mol. The predicted octanol–water partition coefficient (Wildman–Crippen LogP) is 0.528. The van der Waals surface area contributed by atoms with Gasteiger partial charge in [0.05, 0.1) is 17.3 Å². The zero-order valence-electron chi connectivity index (χ0n) is 11.0. The minimum absolute atomic E-state index is 0.190. The smallest absolute Gasteiger partial charge is 0.407 e. The van der Waals surface area contributed by atoms with E-state index in [9.17, 15) is 9.59 Å². The molecule has 1 aromatic heterocycles. The van der Waals surface area contributed by atoms with Gasteiger partial charge in [-0.3, -0.25) is 4.79 Å². The van der Waals surface area contributed by atoms with Crippen LogP contribution in [0.5, 0.6) is 0 Å². The van der Waals surface area contributed by atoms with Gasteiger partial charge in [-0.15, -0.1) is 5.10 Å². The number of aromatic nitrogens is 1. The van der Waals surface area contributed by atoms with Crippen molar-refractivity contribution in [1.82, 2.24) is 15.3 Å². The van der Waals surface area contributed by atoms with Crippen molar-refractivity contribution in [1.29, 1.82) is 0 Å². The van der Waals surface area contributed by atoms with Crippen molar-refractivity contribution in [3.05, 3.63) is 29.1 Å². The molecular formula is C12H14N4O3S. The number of amides is 2. The Balaban J connectivity index is 2.08. The molecule has 106 valence electrons. The molecule has 0 aliphatic heterocycles. The fourth-order valence-electron chi connectivity index (χ4n) is 1.56. The van der Waals surface area contributed by atoms with E-state index in [4.69, 9.17) is 0 Å². The van der Waals surface area contributed by atoms with Crippen LogP contribution in [0.3, 0.4) is 0 Å². The third-order valence-corrected chi connectivity index (χ3v) is 3.68. The number of thiazole rings is 1. The zero-order chi connectivity index (χ0) is 14.5. The van der Waals surface area contributed by atoms with E-state index in [1.165, 1.54) is 18.4 Å². The highest BCUT2D eigenvalue weighted by molar-refractivity contribution is 7.16. The average molecular weight is 294 g/mol. The van der Waals surface area contributed by atoms with Gasteiger partial charge >= 0.3 is 6.09 Å². The van der Waals surface area contributed by atoms with E-state index in [0.717, 1.165) is 10.2 Å². The van der Waals surface area contributed by atoms with Crippen LogP contribution in [0.15, 0.2) is 29.4 Å². The van der Waals surface area contributed by atoms with Gasteiger partial charge in [-0.2, -0.15) is 0 Å². The maximum atomic E-state index is 11.5. The Hall–Kier alpha value is -2.35. The molecule has 0 aliphatic carbocycles. The fourth-order valence-corrected chi connectivity index (χ4v) is 2.54. The van der Waals surface area contributed by atoms with Crippen LogP contribution >= 0.6 is 11.3 Å². The summed E-state index contributed by atoms with van der Waals surface area (Å²) in [7, 11) is 3.10. The highest BCUT2D eigenvalue weighted by Crippen LogP contribution is 2.14. The molecule has 20 heavy (non-hydrogen) atoms. The zero-order valence-corrected chi connectivity index (χ0v) is 11.9. The average Bonchev–Trinajstić information content (AvgIpc) is 2.79. The summed E-state index contributed by atoms with van der Waals surface area (Å²) in [4.78, 5) is 23.0. The highest BCUT2D eigenvalue weighted by atomic mass is 32.1. The monoisotopic (exact) mass is 294 g/mol. The van der Waals surface area contributed by atoms with Gasteiger partial charge in [0, 0.05) is 7.05 Å². The number of benzene rings is 1. The number of para-hydroxylation sites is 1. The lowest BCUT2D eigenvalue weighted by Gasteiger charge is -2.01. The molecule has 7 nitrogen and oxygen atoms in total. The summed E-state index contributed by atoms with van der Waals surface area (Å²) in [6.07, 6.45) is -0.660. The van der Waals surface area contributed by atoms with Gasteiger partial charge < -0.3 is 14.6 Å². The van der Waals surface area contributed by atoms with Gasteiger partial charge in [0.1, 0.15) is 6.54 Å². The van der Waals surface area contributed by atoms with Gasteiger partial charge in [0.25, 0.3) is 5.91 Å². The molecule has 0 radical (unpaired) electrons. The summed E-state index contributed by atoms with van der Waals surface area (Å²) in [5.74, 6) is -0.423. The van der Waals surface area contributed by atoms with Crippen molar-refractivity contribution in [2.45, 2.75) is 0 Å². The number of hydrogen-bond acceptors (Lipinski definition) is 5. The molecule has 0 aliphatic rings. The van der Waals surface area contributed by atoms with E-state index in [-0.39, 0.29) is 6.54 Å². The first-order valence-electron chi connectivity index (χ1n) is 5.80. The van der Waals surface area contributed by atoms with Crippen LogP contribution < -0.4 is 15.5 Å². The topological polar surface area (TPSA) is 84.7 Å². The Morgan fingerprint density at radius 3 is 2.85 bits per heavy atom. The number of carbonyl (C=O) groups is 2. The first-order chi connectivity index (χ1) is 9.61. The quantitative estimate of drug-likeness (QED) is 0.810. The molecule has 1 aromatic carbocycles. The summed E-state index contributed by atoms with van der Waals surface area (Å²) in [6.45, 7) is -0.190. The Kier molecular flexibility index (Phi) is 4.36. The first-order valence-corrected chi connectivity index (χ1v) is 6.62. The molecule has 1 heterocycles. The molecule has 0 saturated carbocycles. The van der Waals surface area contributed by atoms with Crippen LogP contribution in [-0.2, 0) is 16.6 Å². The first kappa shape index (κ1) is 14.1. The number of carbonyl (C=O) groups excluding carboxylic acids is 2. The summed E-state index contributed by atoms with van der Waals surface area (Å²) >= 11 is 1.46. The molecule has 2 rings (SSSR count). The van der Waals surface area contributed by atoms with E-state index >= 15 is 0 Å². The fraction of sp³-hybridized carbons (Fsp3) is 0.250. The van der Waals surface area contributed by atoms with Crippen LogP contribution in [-0.4, -0.2) is 30.2 Å². The summed E-state index contributed by atoms with van der Waals surface area (Å²) in [5, 5.41) is 6.31. The maximum absolute atomic E-state index is 11.5. The SMILES string of the molecule is COC(=O)NCC(=O)NN=c1sc2ccccc2n1C. The second kappa shape index (κ2) is 6.20.